The van der Waals surface area contributed by atoms with Crippen molar-refractivity contribution in [1.82, 2.24) is 0 Å². The van der Waals surface area contributed by atoms with Crippen molar-refractivity contribution in [1.29, 1.82) is 0 Å². The van der Waals surface area contributed by atoms with Gasteiger partial charge in [-0.3, -0.25) is 0 Å². The summed E-state index contributed by atoms with van der Waals surface area (Å²) in [5, 5.41) is 0. The third kappa shape index (κ3) is 3.85. The fourth-order valence-corrected chi connectivity index (χ4v) is 1.58. The van der Waals surface area contributed by atoms with Crippen molar-refractivity contribution < 1.29 is 17.9 Å². The van der Waals surface area contributed by atoms with Crippen molar-refractivity contribution in [2.45, 2.75) is 32.0 Å². The maximum Gasteiger partial charge on any atom is 0.414 e. The zero-order valence-corrected chi connectivity index (χ0v) is 9.34. The van der Waals surface area contributed by atoms with Gasteiger partial charge in [0.2, 0.25) is 0 Å². The number of aryl methyl sites for hydroxylation is 2. The molecule has 1 atom stereocenters. The standard InChI is InChI=1S/C12H15F3O/c1-9-4-3-5-10(8-9)6-7-11(16-2)12(13,14)15/h3-5,8,11H,6-7H2,1-2H3. The highest BCUT2D eigenvalue weighted by Crippen LogP contribution is 2.26. The first kappa shape index (κ1) is 13.0. The molecule has 0 saturated carbocycles. The molecule has 0 saturated heterocycles. The molecule has 0 spiro atoms. The van der Waals surface area contributed by atoms with Crippen LogP contribution in [0.1, 0.15) is 17.5 Å². The SMILES string of the molecule is COC(CCc1cccc(C)c1)C(F)(F)F. The van der Waals surface area contributed by atoms with Crippen LogP contribution in [0.25, 0.3) is 0 Å². The summed E-state index contributed by atoms with van der Waals surface area (Å²) in [7, 11) is 1.09. The number of alkyl halides is 3. The average molecular weight is 232 g/mol. The van der Waals surface area contributed by atoms with Gasteiger partial charge < -0.3 is 4.74 Å². The van der Waals surface area contributed by atoms with Crippen LogP contribution in [-0.2, 0) is 11.2 Å². The summed E-state index contributed by atoms with van der Waals surface area (Å²) in [6.45, 7) is 1.92. The molecule has 0 radical (unpaired) electrons. The molecule has 90 valence electrons. The Morgan fingerprint density at radius 3 is 2.50 bits per heavy atom. The molecule has 4 heteroatoms. The predicted molar refractivity (Wildman–Crippen MR) is 56.4 cm³/mol. The topological polar surface area (TPSA) is 9.23 Å². The second kappa shape index (κ2) is 5.34. The lowest BCUT2D eigenvalue weighted by Crippen LogP contribution is -2.31. The molecule has 1 unspecified atom stereocenters. The van der Waals surface area contributed by atoms with Crippen molar-refractivity contribution in [2.24, 2.45) is 0 Å². The molecule has 0 aliphatic carbocycles. The van der Waals surface area contributed by atoms with Crippen LogP contribution < -0.4 is 0 Å². The number of rotatable bonds is 4. The molecule has 1 nitrogen and oxygen atoms in total. The maximum atomic E-state index is 12.4. The molecular weight excluding hydrogens is 217 g/mol. The van der Waals surface area contributed by atoms with E-state index in [1.165, 1.54) is 0 Å². The lowest BCUT2D eigenvalue weighted by molar-refractivity contribution is -0.214. The van der Waals surface area contributed by atoms with Crippen LogP contribution in [0.15, 0.2) is 24.3 Å². The van der Waals surface area contributed by atoms with E-state index in [1.807, 2.05) is 31.2 Å². The third-order valence-corrected chi connectivity index (χ3v) is 2.43. The second-order valence-corrected chi connectivity index (χ2v) is 3.79. The van der Waals surface area contributed by atoms with Gasteiger partial charge in [-0.2, -0.15) is 13.2 Å². The Morgan fingerprint density at radius 2 is 2.00 bits per heavy atom. The highest BCUT2D eigenvalue weighted by atomic mass is 19.4. The molecule has 0 aliphatic rings. The molecule has 0 bridgehead atoms. The Hall–Kier alpha value is -1.03. The van der Waals surface area contributed by atoms with E-state index >= 15 is 0 Å². The van der Waals surface area contributed by atoms with Gasteiger partial charge in [-0.05, 0) is 25.3 Å². The maximum absolute atomic E-state index is 12.4. The van der Waals surface area contributed by atoms with Crippen LogP contribution in [0, 0.1) is 6.92 Å². The largest absolute Gasteiger partial charge is 0.414 e. The summed E-state index contributed by atoms with van der Waals surface area (Å²) in [6.07, 6.45) is -5.62. The number of halogens is 3. The van der Waals surface area contributed by atoms with Gasteiger partial charge in [0.15, 0.2) is 6.10 Å². The quantitative estimate of drug-likeness (QED) is 0.772. The van der Waals surface area contributed by atoms with Gasteiger partial charge in [-0.1, -0.05) is 29.8 Å². The van der Waals surface area contributed by atoms with Crippen molar-refractivity contribution in [3.05, 3.63) is 35.4 Å². The monoisotopic (exact) mass is 232 g/mol. The van der Waals surface area contributed by atoms with Crippen molar-refractivity contribution in [3.63, 3.8) is 0 Å². The summed E-state index contributed by atoms with van der Waals surface area (Å²) >= 11 is 0. The van der Waals surface area contributed by atoms with Gasteiger partial charge in [-0.15, -0.1) is 0 Å². The number of benzene rings is 1. The van der Waals surface area contributed by atoms with Crippen LogP contribution in [0.2, 0.25) is 0 Å². The highest BCUT2D eigenvalue weighted by molar-refractivity contribution is 5.22. The minimum atomic E-state index is -4.28. The van der Waals surface area contributed by atoms with Gasteiger partial charge in [0.1, 0.15) is 0 Å². The smallest absolute Gasteiger partial charge is 0.372 e. The average Bonchev–Trinajstić information content (AvgIpc) is 2.16. The first-order valence-electron chi connectivity index (χ1n) is 5.08. The molecule has 1 aromatic rings. The minimum absolute atomic E-state index is 0.0382. The normalized spacial score (nSPS) is 13.8. The van der Waals surface area contributed by atoms with E-state index in [2.05, 4.69) is 4.74 Å². The molecule has 0 heterocycles. The van der Waals surface area contributed by atoms with E-state index in [1.54, 1.807) is 0 Å². The number of methoxy groups -OCH3 is 1. The minimum Gasteiger partial charge on any atom is -0.372 e. The van der Waals surface area contributed by atoms with Crippen LogP contribution in [-0.4, -0.2) is 19.4 Å². The van der Waals surface area contributed by atoms with Gasteiger partial charge in [0.05, 0.1) is 0 Å². The van der Waals surface area contributed by atoms with Gasteiger partial charge in [0.25, 0.3) is 0 Å². The third-order valence-electron chi connectivity index (χ3n) is 2.43. The first-order chi connectivity index (χ1) is 7.43. The summed E-state index contributed by atoms with van der Waals surface area (Å²) in [5.41, 5.74) is 1.96. The molecule has 1 rings (SSSR count). The molecule has 0 aromatic heterocycles. The number of hydrogen-bond donors (Lipinski definition) is 0. The van der Waals surface area contributed by atoms with Crippen molar-refractivity contribution in [2.75, 3.05) is 7.11 Å². The fourth-order valence-electron chi connectivity index (χ4n) is 1.58. The molecular formula is C12H15F3O. The van der Waals surface area contributed by atoms with Crippen molar-refractivity contribution in [3.8, 4) is 0 Å². The van der Waals surface area contributed by atoms with E-state index in [9.17, 15) is 13.2 Å². The molecule has 0 N–H and O–H groups in total. The zero-order chi connectivity index (χ0) is 12.2. The van der Waals surface area contributed by atoms with Gasteiger partial charge in [0, 0.05) is 7.11 Å². The van der Waals surface area contributed by atoms with Crippen LogP contribution >= 0.6 is 0 Å². The lowest BCUT2D eigenvalue weighted by atomic mass is 10.0. The Balaban J connectivity index is 2.56. The first-order valence-corrected chi connectivity index (χ1v) is 5.08. The zero-order valence-electron chi connectivity index (χ0n) is 9.34. The van der Waals surface area contributed by atoms with Crippen LogP contribution in [0.4, 0.5) is 13.2 Å². The van der Waals surface area contributed by atoms with Gasteiger partial charge >= 0.3 is 6.18 Å². The van der Waals surface area contributed by atoms with E-state index in [0.717, 1.165) is 18.2 Å². The van der Waals surface area contributed by atoms with Crippen LogP contribution in [0.5, 0.6) is 0 Å². The molecule has 16 heavy (non-hydrogen) atoms. The molecule has 0 aliphatic heterocycles. The molecule has 1 aromatic carbocycles. The Kier molecular flexibility index (Phi) is 4.35. The van der Waals surface area contributed by atoms with Crippen LogP contribution in [0.3, 0.4) is 0 Å². The lowest BCUT2D eigenvalue weighted by Gasteiger charge is -2.18. The summed E-state index contributed by atoms with van der Waals surface area (Å²) < 4.78 is 41.6. The predicted octanol–water partition coefficient (Wildman–Crippen LogP) is 3.50. The van der Waals surface area contributed by atoms with E-state index in [4.69, 9.17) is 0 Å². The Bertz CT molecular complexity index is 333. The van der Waals surface area contributed by atoms with E-state index in [-0.39, 0.29) is 6.42 Å². The Morgan fingerprint density at radius 1 is 1.31 bits per heavy atom. The Labute approximate surface area is 93.2 Å². The summed E-state index contributed by atoms with van der Waals surface area (Å²) in [6, 6.07) is 7.49. The summed E-state index contributed by atoms with van der Waals surface area (Å²) in [5.74, 6) is 0. The highest BCUT2D eigenvalue weighted by Gasteiger charge is 2.39. The summed E-state index contributed by atoms with van der Waals surface area (Å²) in [4.78, 5) is 0. The molecule has 0 amide bonds. The molecule has 0 fully saturated rings. The second-order valence-electron chi connectivity index (χ2n) is 3.79. The van der Waals surface area contributed by atoms with Crippen molar-refractivity contribution >= 4 is 0 Å². The van der Waals surface area contributed by atoms with E-state index in [0.29, 0.717) is 6.42 Å². The van der Waals surface area contributed by atoms with Gasteiger partial charge in [-0.25, -0.2) is 0 Å². The number of hydrogen-bond acceptors (Lipinski definition) is 1. The van der Waals surface area contributed by atoms with E-state index < -0.39 is 12.3 Å². The fraction of sp³-hybridized carbons (Fsp3) is 0.500. The number of ether oxygens (including phenoxy) is 1.